The van der Waals surface area contributed by atoms with Gasteiger partial charge in [-0.3, -0.25) is 9.78 Å². The predicted molar refractivity (Wildman–Crippen MR) is 75.5 cm³/mol. The molecule has 1 fully saturated rings. The molecule has 4 heteroatoms. The summed E-state index contributed by atoms with van der Waals surface area (Å²) in [7, 11) is 0. The van der Waals surface area contributed by atoms with E-state index in [0.717, 1.165) is 25.2 Å². The van der Waals surface area contributed by atoms with Crippen LogP contribution in [0.1, 0.15) is 32.9 Å². The van der Waals surface area contributed by atoms with E-state index in [1.165, 1.54) is 0 Å². The summed E-state index contributed by atoms with van der Waals surface area (Å²) in [5, 5.41) is 3.29. The van der Waals surface area contributed by atoms with Crippen LogP contribution in [0.2, 0.25) is 0 Å². The molecule has 1 atom stereocenters. The van der Waals surface area contributed by atoms with Gasteiger partial charge in [0.15, 0.2) is 0 Å². The fraction of sp³-hybridized carbons (Fsp3) is 0.600. The van der Waals surface area contributed by atoms with E-state index in [0.29, 0.717) is 6.54 Å². The van der Waals surface area contributed by atoms with Crippen molar-refractivity contribution < 1.29 is 4.79 Å². The van der Waals surface area contributed by atoms with E-state index >= 15 is 0 Å². The van der Waals surface area contributed by atoms with E-state index in [1.807, 2.05) is 23.1 Å². The molecule has 1 aromatic rings. The second kappa shape index (κ2) is 5.70. The first-order chi connectivity index (χ1) is 9.03. The number of hydrogen-bond donors (Lipinski definition) is 1. The molecular weight excluding hydrogens is 238 g/mol. The van der Waals surface area contributed by atoms with Crippen LogP contribution >= 0.6 is 0 Å². The van der Waals surface area contributed by atoms with Crippen molar-refractivity contribution in [3.63, 3.8) is 0 Å². The molecule has 2 rings (SSSR count). The molecule has 1 unspecified atom stereocenters. The van der Waals surface area contributed by atoms with Gasteiger partial charge in [0, 0.05) is 18.8 Å². The second-order valence-electron chi connectivity index (χ2n) is 5.84. The van der Waals surface area contributed by atoms with Crippen LogP contribution in [0, 0.1) is 5.41 Å². The Hall–Kier alpha value is -1.42. The fourth-order valence-corrected chi connectivity index (χ4v) is 2.50. The molecule has 4 nitrogen and oxygen atoms in total. The normalized spacial score (nSPS) is 22.7. The Morgan fingerprint density at radius 1 is 1.53 bits per heavy atom. The molecule has 0 saturated carbocycles. The molecule has 104 valence electrons. The highest BCUT2D eigenvalue weighted by Gasteiger charge is 2.39. The number of carbonyl (C=O) groups is 1. The minimum absolute atomic E-state index is 0.187. The van der Waals surface area contributed by atoms with Crippen molar-refractivity contribution in [2.75, 3.05) is 13.1 Å². The lowest BCUT2D eigenvalue weighted by Crippen LogP contribution is -2.46. The van der Waals surface area contributed by atoms with Gasteiger partial charge >= 0.3 is 0 Å². The van der Waals surface area contributed by atoms with E-state index in [-0.39, 0.29) is 17.4 Å². The monoisotopic (exact) mass is 261 g/mol. The van der Waals surface area contributed by atoms with Crippen molar-refractivity contribution >= 4 is 5.91 Å². The van der Waals surface area contributed by atoms with Gasteiger partial charge in [0.05, 0.1) is 17.7 Å². The number of aromatic nitrogens is 1. The average molecular weight is 261 g/mol. The maximum absolute atomic E-state index is 12.8. The minimum Gasteiger partial charge on any atom is -0.334 e. The Morgan fingerprint density at radius 2 is 2.32 bits per heavy atom. The molecule has 19 heavy (non-hydrogen) atoms. The van der Waals surface area contributed by atoms with Gasteiger partial charge < -0.3 is 10.2 Å². The van der Waals surface area contributed by atoms with Crippen molar-refractivity contribution in [1.29, 1.82) is 0 Å². The Labute approximate surface area is 115 Å². The second-order valence-corrected chi connectivity index (χ2v) is 5.84. The molecule has 1 aliphatic heterocycles. The van der Waals surface area contributed by atoms with Crippen molar-refractivity contribution in [2.24, 2.45) is 5.41 Å². The Balaban J connectivity index is 2.14. The van der Waals surface area contributed by atoms with Gasteiger partial charge in [-0.15, -0.1) is 0 Å². The first-order valence-electron chi connectivity index (χ1n) is 6.95. The summed E-state index contributed by atoms with van der Waals surface area (Å²) in [4.78, 5) is 19.0. The quantitative estimate of drug-likeness (QED) is 0.899. The van der Waals surface area contributed by atoms with Gasteiger partial charge in [-0.1, -0.05) is 6.07 Å². The summed E-state index contributed by atoms with van der Waals surface area (Å²) in [6.07, 6.45) is 2.69. The Morgan fingerprint density at radius 3 is 2.84 bits per heavy atom. The zero-order valence-corrected chi connectivity index (χ0v) is 12.0. The third-order valence-corrected chi connectivity index (χ3v) is 3.83. The van der Waals surface area contributed by atoms with Crippen LogP contribution in [0.3, 0.4) is 0 Å². The van der Waals surface area contributed by atoms with Crippen LogP contribution in [0.5, 0.6) is 0 Å². The highest BCUT2D eigenvalue weighted by molar-refractivity contribution is 5.83. The lowest BCUT2D eigenvalue weighted by molar-refractivity contribution is -0.142. The summed E-state index contributed by atoms with van der Waals surface area (Å²) >= 11 is 0. The number of carbonyl (C=O) groups excluding carboxylic acids is 1. The molecule has 1 saturated heterocycles. The maximum Gasteiger partial charge on any atom is 0.230 e. The number of amides is 1. The Bertz CT molecular complexity index is 424. The van der Waals surface area contributed by atoms with Crippen LogP contribution < -0.4 is 5.32 Å². The molecular formula is C15H23N3O. The molecule has 1 aromatic heterocycles. The summed E-state index contributed by atoms with van der Waals surface area (Å²) < 4.78 is 0. The lowest BCUT2D eigenvalue weighted by atomic mass is 9.87. The van der Waals surface area contributed by atoms with Crippen LogP contribution in [-0.4, -0.2) is 34.9 Å². The van der Waals surface area contributed by atoms with Crippen molar-refractivity contribution in [3.05, 3.63) is 30.1 Å². The molecule has 0 bridgehead atoms. The van der Waals surface area contributed by atoms with Gasteiger partial charge in [-0.25, -0.2) is 0 Å². The largest absolute Gasteiger partial charge is 0.334 e. The number of hydrogen-bond acceptors (Lipinski definition) is 3. The topological polar surface area (TPSA) is 45.2 Å². The van der Waals surface area contributed by atoms with Gasteiger partial charge in [-0.2, -0.15) is 0 Å². The summed E-state index contributed by atoms with van der Waals surface area (Å²) in [6.45, 7) is 8.48. The standard InChI is InChI=1S/C15H23N3O/c1-12(2)18(10-13-6-4-5-8-17-13)14(19)15(3)7-9-16-11-15/h4-6,8,12,16H,7,9-11H2,1-3H3. The number of nitrogens with zero attached hydrogens (tertiary/aromatic N) is 2. The number of pyridine rings is 1. The van der Waals surface area contributed by atoms with Crippen LogP contribution in [0.15, 0.2) is 24.4 Å². The van der Waals surface area contributed by atoms with Crippen molar-refractivity contribution in [2.45, 2.75) is 39.8 Å². The van der Waals surface area contributed by atoms with E-state index in [2.05, 4.69) is 31.1 Å². The molecule has 1 aliphatic rings. The highest BCUT2D eigenvalue weighted by Crippen LogP contribution is 2.28. The van der Waals surface area contributed by atoms with Gasteiger partial charge in [0.25, 0.3) is 0 Å². The van der Waals surface area contributed by atoms with E-state index in [4.69, 9.17) is 0 Å². The van der Waals surface area contributed by atoms with Gasteiger partial charge in [0.1, 0.15) is 0 Å². The number of nitrogens with one attached hydrogen (secondary N) is 1. The number of rotatable bonds is 4. The predicted octanol–water partition coefficient (Wildman–Crippen LogP) is 1.82. The summed E-state index contributed by atoms with van der Waals surface area (Å²) in [5.41, 5.74) is 0.679. The highest BCUT2D eigenvalue weighted by atomic mass is 16.2. The maximum atomic E-state index is 12.8. The van der Waals surface area contributed by atoms with Gasteiger partial charge in [0.2, 0.25) is 5.91 Å². The Kier molecular flexibility index (Phi) is 4.20. The lowest BCUT2D eigenvalue weighted by Gasteiger charge is -2.34. The molecule has 0 aromatic carbocycles. The van der Waals surface area contributed by atoms with Crippen LogP contribution in [0.25, 0.3) is 0 Å². The van der Waals surface area contributed by atoms with E-state index in [9.17, 15) is 4.79 Å². The first kappa shape index (κ1) is 14.0. The van der Waals surface area contributed by atoms with Crippen LogP contribution in [0.4, 0.5) is 0 Å². The molecule has 2 heterocycles. The third-order valence-electron chi connectivity index (χ3n) is 3.83. The van der Waals surface area contributed by atoms with E-state index in [1.54, 1.807) is 6.20 Å². The molecule has 0 spiro atoms. The smallest absolute Gasteiger partial charge is 0.230 e. The molecule has 1 amide bonds. The summed E-state index contributed by atoms with van der Waals surface area (Å²) in [5.74, 6) is 0.234. The van der Waals surface area contributed by atoms with Crippen molar-refractivity contribution in [3.8, 4) is 0 Å². The molecule has 0 aliphatic carbocycles. The van der Waals surface area contributed by atoms with Gasteiger partial charge in [-0.05, 0) is 45.9 Å². The summed E-state index contributed by atoms with van der Waals surface area (Å²) in [6, 6.07) is 6.02. The fourth-order valence-electron chi connectivity index (χ4n) is 2.50. The third kappa shape index (κ3) is 3.13. The average Bonchev–Trinajstić information content (AvgIpc) is 2.84. The first-order valence-corrected chi connectivity index (χ1v) is 6.95. The minimum atomic E-state index is -0.265. The molecule has 1 N–H and O–H groups in total. The zero-order valence-electron chi connectivity index (χ0n) is 12.0. The van der Waals surface area contributed by atoms with E-state index < -0.39 is 0 Å². The SMILES string of the molecule is CC(C)N(Cc1ccccn1)C(=O)C1(C)CCNC1. The zero-order chi connectivity index (χ0) is 13.9. The molecule has 0 radical (unpaired) electrons. The van der Waals surface area contributed by atoms with Crippen molar-refractivity contribution in [1.82, 2.24) is 15.2 Å². The van der Waals surface area contributed by atoms with Crippen LogP contribution in [-0.2, 0) is 11.3 Å².